The van der Waals surface area contributed by atoms with Gasteiger partial charge in [0.25, 0.3) is 5.91 Å². The molecule has 11 heteroatoms. The zero-order valence-electron chi connectivity index (χ0n) is 18.6. The van der Waals surface area contributed by atoms with Gasteiger partial charge in [-0.1, -0.05) is 0 Å². The molecule has 0 aromatic heterocycles. The van der Waals surface area contributed by atoms with Crippen molar-refractivity contribution in [3.63, 3.8) is 0 Å². The third-order valence-electron chi connectivity index (χ3n) is 6.15. The quantitative estimate of drug-likeness (QED) is 0.678. The van der Waals surface area contributed by atoms with Crippen LogP contribution in [0, 0.1) is 5.92 Å². The smallest absolute Gasteiger partial charge is 0.265 e. The molecular weight excluding hydrogens is 462 g/mol. The molecule has 0 radical (unpaired) electrons. The Morgan fingerprint density at radius 2 is 1.74 bits per heavy atom. The third-order valence-corrected chi connectivity index (χ3v) is 8.05. The molecule has 180 valence electrons. The fourth-order valence-electron chi connectivity index (χ4n) is 4.22. The van der Waals surface area contributed by atoms with Crippen LogP contribution in [0.15, 0.2) is 41.3 Å². The van der Waals surface area contributed by atoms with Gasteiger partial charge < -0.3 is 24.8 Å². The molecule has 10 nitrogen and oxygen atoms in total. The summed E-state index contributed by atoms with van der Waals surface area (Å²) in [6.07, 6.45) is 0.229. The number of ether oxygens (including phenoxy) is 3. The molecule has 0 saturated carbocycles. The molecule has 2 aromatic rings. The Labute approximate surface area is 197 Å². The van der Waals surface area contributed by atoms with Crippen LogP contribution in [-0.4, -0.2) is 56.9 Å². The van der Waals surface area contributed by atoms with Crippen molar-refractivity contribution in [2.75, 3.05) is 36.9 Å². The van der Waals surface area contributed by atoms with Gasteiger partial charge in [0.05, 0.1) is 10.6 Å². The van der Waals surface area contributed by atoms with Crippen LogP contribution in [0.4, 0.5) is 11.4 Å². The summed E-state index contributed by atoms with van der Waals surface area (Å²) in [7, 11) is -3.71. The van der Waals surface area contributed by atoms with Crippen molar-refractivity contribution in [1.82, 2.24) is 4.31 Å². The second-order valence-electron chi connectivity index (χ2n) is 8.43. The van der Waals surface area contributed by atoms with Crippen LogP contribution in [0.2, 0.25) is 0 Å². The minimum Gasteiger partial charge on any atom is -0.486 e. The molecule has 5 rings (SSSR count). The minimum absolute atomic E-state index is 0.146. The molecule has 0 bridgehead atoms. The van der Waals surface area contributed by atoms with Crippen LogP contribution in [0.1, 0.15) is 19.8 Å². The number of nitrogens with one attached hydrogen (secondary N) is 2. The summed E-state index contributed by atoms with van der Waals surface area (Å²) in [5.41, 5.74) is 1.04. The van der Waals surface area contributed by atoms with Crippen LogP contribution < -0.4 is 24.8 Å². The first-order chi connectivity index (χ1) is 16.3. The summed E-state index contributed by atoms with van der Waals surface area (Å²) in [5.74, 6) is 0.734. The van der Waals surface area contributed by atoms with Crippen molar-refractivity contribution in [3.8, 4) is 17.2 Å². The first kappa shape index (κ1) is 22.5. The number of carbonyl (C=O) groups is 2. The van der Waals surface area contributed by atoms with E-state index in [-0.39, 0.29) is 35.7 Å². The number of fused-ring (bicyclic) bond motifs is 2. The number of anilines is 2. The number of piperidine rings is 1. The molecule has 3 aliphatic heterocycles. The van der Waals surface area contributed by atoms with E-state index < -0.39 is 16.1 Å². The van der Waals surface area contributed by atoms with Crippen LogP contribution in [0.25, 0.3) is 0 Å². The van der Waals surface area contributed by atoms with Crippen molar-refractivity contribution in [2.24, 2.45) is 5.92 Å². The van der Waals surface area contributed by atoms with Crippen LogP contribution >= 0.6 is 0 Å². The van der Waals surface area contributed by atoms with E-state index in [0.29, 0.717) is 54.7 Å². The van der Waals surface area contributed by atoms with Crippen molar-refractivity contribution < 1.29 is 32.2 Å². The highest BCUT2D eigenvalue weighted by Gasteiger charge is 2.33. The van der Waals surface area contributed by atoms with Gasteiger partial charge >= 0.3 is 0 Å². The number of amides is 2. The predicted molar refractivity (Wildman–Crippen MR) is 123 cm³/mol. The number of nitrogens with zero attached hydrogens (tertiary/aromatic N) is 1. The van der Waals surface area contributed by atoms with E-state index in [1.165, 1.54) is 16.4 Å². The van der Waals surface area contributed by atoms with E-state index in [2.05, 4.69) is 10.6 Å². The van der Waals surface area contributed by atoms with E-state index in [9.17, 15) is 18.0 Å². The van der Waals surface area contributed by atoms with Gasteiger partial charge in [-0.3, -0.25) is 9.59 Å². The SMILES string of the molecule is C[C@H]1Oc2ccc(NC(=O)C3CCN(S(=O)(=O)c4ccc5c(c4)OCCO5)CC3)cc2NC1=O. The summed E-state index contributed by atoms with van der Waals surface area (Å²) in [6, 6.07) is 9.67. The van der Waals surface area contributed by atoms with E-state index in [1.54, 1.807) is 31.2 Å². The number of hydrogen-bond donors (Lipinski definition) is 2. The summed E-state index contributed by atoms with van der Waals surface area (Å²) in [5, 5.41) is 5.62. The van der Waals surface area contributed by atoms with Gasteiger partial charge in [-0.2, -0.15) is 4.31 Å². The maximum absolute atomic E-state index is 13.1. The molecule has 3 aliphatic rings. The zero-order valence-corrected chi connectivity index (χ0v) is 19.4. The Balaban J connectivity index is 1.21. The summed E-state index contributed by atoms with van der Waals surface area (Å²) in [4.78, 5) is 24.8. The topological polar surface area (TPSA) is 123 Å². The Kier molecular flexibility index (Phi) is 5.82. The molecule has 3 heterocycles. The Bertz CT molecular complexity index is 1240. The maximum Gasteiger partial charge on any atom is 0.265 e. The summed E-state index contributed by atoms with van der Waals surface area (Å²) < 4.78 is 44.1. The molecule has 34 heavy (non-hydrogen) atoms. The lowest BCUT2D eigenvalue weighted by Crippen LogP contribution is -2.41. The molecule has 1 saturated heterocycles. The Morgan fingerprint density at radius 1 is 1.03 bits per heavy atom. The molecule has 0 unspecified atom stereocenters. The normalized spacial score (nSPS) is 20.6. The highest BCUT2D eigenvalue weighted by atomic mass is 32.2. The molecular formula is C23H25N3O7S. The van der Waals surface area contributed by atoms with Gasteiger partial charge in [-0.15, -0.1) is 0 Å². The standard InChI is InChI=1S/C23H25N3O7S/c1-14-22(27)25-18-12-16(2-4-19(18)33-14)24-23(28)15-6-8-26(9-7-15)34(29,30)17-3-5-20-21(13-17)32-11-10-31-20/h2-5,12-15H,6-11H2,1H3,(H,24,28)(H,25,27)/t14-/m1/s1. The van der Waals surface area contributed by atoms with Gasteiger partial charge in [-0.25, -0.2) is 8.42 Å². The fraction of sp³-hybridized carbons (Fsp3) is 0.391. The van der Waals surface area contributed by atoms with Gasteiger partial charge in [0, 0.05) is 30.8 Å². The largest absolute Gasteiger partial charge is 0.486 e. The molecule has 0 spiro atoms. The van der Waals surface area contributed by atoms with E-state index >= 15 is 0 Å². The second kappa shape index (κ2) is 8.80. The molecule has 2 N–H and O–H groups in total. The number of benzene rings is 2. The maximum atomic E-state index is 13.1. The van der Waals surface area contributed by atoms with Crippen molar-refractivity contribution in [1.29, 1.82) is 0 Å². The van der Waals surface area contributed by atoms with Gasteiger partial charge in [-0.05, 0) is 50.1 Å². The average Bonchev–Trinajstić information content (AvgIpc) is 2.84. The summed E-state index contributed by atoms with van der Waals surface area (Å²) >= 11 is 0. The van der Waals surface area contributed by atoms with Crippen LogP contribution in [-0.2, 0) is 19.6 Å². The van der Waals surface area contributed by atoms with Gasteiger partial charge in [0.2, 0.25) is 15.9 Å². The molecule has 1 atom stereocenters. The Hall–Kier alpha value is -3.31. The first-order valence-corrected chi connectivity index (χ1v) is 12.6. The molecule has 2 amide bonds. The van der Waals surface area contributed by atoms with E-state index in [1.807, 2.05) is 0 Å². The third kappa shape index (κ3) is 4.28. The lowest BCUT2D eigenvalue weighted by Gasteiger charge is -2.31. The molecule has 0 aliphatic carbocycles. The highest BCUT2D eigenvalue weighted by molar-refractivity contribution is 7.89. The number of sulfonamides is 1. The fourth-order valence-corrected chi connectivity index (χ4v) is 5.71. The second-order valence-corrected chi connectivity index (χ2v) is 10.4. The monoisotopic (exact) mass is 487 g/mol. The Morgan fingerprint density at radius 3 is 2.50 bits per heavy atom. The molecule has 2 aromatic carbocycles. The van der Waals surface area contributed by atoms with Crippen LogP contribution in [0.5, 0.6) is 17.2 Å². The molecule has 1 fully saturated rings. The van der Waals surface area contributed by atoms with E-state index in [4.69, 9.17) is 14.2 Å². The lowest BCUT2D eigenvalue weighted by atomic mass is 9.97. The van der Waals surface area contributed by atoms with Crippen LogP contribution in [0.3, 0.4) is 0 Å². The van der Waals surface area contributed by atoms with Crippen molar-refractivity contribution in [2.45, 2.75) is 30.8 Å². The first-order valence-electron chi connectivity index (χ1n) is 11.1. The minimum atomic E-state index is -3.71. The number of hydrogen-bond acceptors (Lipinski definition) is 7. The lowest BCUT2D eigenvalue weighted by molar-refractivity contribution is -0.122. The van der Waals surface area contributed by atoms with E-state index in [0.717, 1.165) is 0 Å². The van der Waals surface area contributed by atoms with Gasteiger partial charge in [0.1, 0.15) is 19.0 Å². The summed E-state index contributed by atoms with van der Waals surface area (Å²) in [6.45, 7) is 2.94. The van der Waals surface area contributed by atoms with Crippen molar-refractivity contribution in [3.05, 3.63) is 36.4 Å². The highest BCUT2D eigenvalue weighted by Crippen LogP contribution is 2.35. The zero-order chi connectivity index (χ0) is 23.9. The number of carbonyl (C=O) groups excluding carboxylic acids is 2. The number of rotatable bonds is 4. The van der Waals surface area contributed by atoms with Gasteiger partial charge in [0.15, 0.2) is 17.6 Å². The predicted octanol–water partition coefficient (Wildman–Crippen LogP) is 2.22. The van der Waals surface area contributed by atoms with Crippen molar-refractivity contribution >= 4 is 33.2 Å². The average molecular weight is 488 g/mol.